The number of hydrogen-bond donors (Lipinski definition) is 0. The molecule has 2 saturated heterocycles. The van der Waals surface area contributed by atoms with Crippen LogP contribution in [0.1, 0.15) is 51.0 Å². The molecule has 144 valence electrons. The summed E-state index contributed by atoms with van der Waals surface area (Å²) in [6, 6.07) is 7.97. The van der Waals surface area contributed by atoms with Crippen LogP contribution in [0.2, 0.25) is 5.02 Å². The number of halogens is 1. The Morgan fingerprint density at radius 2 is 1.85 bits per heavy atom. The fourth-order valence-corrected chi connectivity index (χ4v) is 4.43. The van der Waals surface area contributed by atoms with Crippen molar-refractivity contribution in [1.29, 1.82) is 0 Å². The van der Waals surface area contributed by atoms with Gasteiger partial charge in [0.25, 0.3) is 0 Å². The predicted octanol–water partition coefficient (Wildman–Crippen LogP) is 4.63. The summed E-state index contributed by atoms with van der Waals surface area (Å²) >= 11 is 5.92. The molecule has 0 spiro atoms. The molecule has 0 saturated carbocycles. The molecule has 1 amide bonds. The minimum atomic E-state index is 0.343. The van der Waals surface area contributed by atoms with Crippen molar-refractivity contribution in [3.63, 3.8) is 0 Å². The minimum Gasteiger partial charge on any atom is -0.342 e. The Hall–Kier alpha value is -1.06. The van der Waals surface area contributed by atoms with Gasteiger partial charge >= 0.3 is 0 Å². The highest BCUT2D eigenvalue weighted by atomic mass is 35.5. The Balaban J connectivity index is 1.39. The van der Waals surface area contributed by atoms with E-state index in [0.29, 0.717) is 18.2 Å². The molecule has 1 unspecified atom stereocenters. The van der Waals surface area contributed by atoms with Crippen molar-refractivity contribution >= 4 is 17.5 Å². The van der Waals surface area contributed by atoms with Crippen molar-refractivity contribution in [2.24, 2.45) is 11.8 Å². The summed E-state index contributed by atoms with van der Waals surface area (Å²) in [6.45, 7) is 7.95. The molecule has 4 heteroatoms. The maximum atomic E-state index is 12.6. The zero-order valence-corrected chi connectivity index (χ0v) is 16.9. The molecule has 1 aromatic rings. The molecule has 0 aromatic heterocycles. The minimum absolute atomic E-state index is 0.343. The van der Waals surface area contributed by atoms with Crippen LogP contribution in [0.15, 0.2) is 24.3 Å². The van der Waals surface area contributed by atoms with E-state index in [0.717, 1.165) is 43.3 Å². The van der Waals surface area contributed by atoms with Crippen molar-refractivity contribution in [2.75, 3.05) is 32.7 Å². The zero-order valence-electron chi connectivity index (χ0n) is 16.1. The Bertz CT molecular complexity index is 566. The predicted molar refractivity (Wildman–Crippen MR) is 109 cm³/mol. The summed E-state index contributed by atoms with van der Waals surface area (Å²) in [5, 5.41) is 0.771. The Kier molecular flexibility index (Phi) is 7.39. The molecule has 0 bridgehead atoms. The fraction of sp³-hybridized carbons (Fsp3) is 0.682. The summed E-state index contributed by atoms with van der Waals surface area (Å²) < 4.78 is 0. The Labute approximate surface area is 163 Å². The Morgan fingerprint density at radius 3 is 2.58 bits per heavy atom. The molecule has 0 N–H and O–H groups in total. The molecule has 1 atom stereocenters. The second kappa shape index (κ2) is 9.75. The van der Waals surface area contributed by atoms with E-state index < -0.39 is 0 Å². The molecule has 2 fully saturated rings. The summed E-state index contributed by atoms with van der Waals surface area (Å²) in [4.78, 5) is 17.4. The average Bonchev–Trinajstić information content (AvgIpc) is 2.65. The van der Waals surface area contributed by atoms with Gasteiger partial charge in [0, 0.05) is 31.1 Å². The fourth-order valence-electron chi connectivity index (χ4n) is 4.30. The standard InChI is InChI=1S/C22H33ClN2O/c1-18-11-14-24(15-12-18)16-20-5-3-13-25(17-20)22(26)6-2-4-19-7-9-21(23)10-8-19/h7-10,18,20H,2-6,11-17H2,1H3. The number of piperidine rings is 2. The molecule has 2 heterocycles. The van der Waals surface area contributed by atoms with Gasteiger partial charge in [-0.15, -0.1) is 0 Å². The van der Waals surface area contributed by atoms with Crippen LogP contribution in [-0.4, -0.2) is 48.4 Å². The Morgan fingerprint density at radius 1 is 1.12 bits per heavy atom. The van der Waals surface area contributed by atoms with E-state index in [4.69, 9.17) is 11.6 Å². The van der Waals surface area contributed by atoms with E-state index in [1.54, 1.807) is 0 Å². The van der Waals surface area contributed by atoms with Gasteiger partial charge in [0.05, 0.1) is 0 Å². The number of rotatable bonds is 6. The lowest BCUT2D eigenvalue weighted by Gasteiger charge is -2.38. The normalized spacial score (nSPS) is 22.5. The van der Waals surface area contributed by atoms with Crippen molar-refractivity contribution in [2.45, 2.75) is 51.9 Å². The second-order valence-corrected chi connectivity index (χ2v) is 8.75. The van der Waals surface area contributed by atoms with Crippen molar-refractivity contribution in [1.82, 2.24) is 9.80 Å². The second-order valence-electron chi connectivity index (χ2n) is 8.31. The van der Waals surface area contributed by atoms with Gasteiger partial charge in [-0.2, -0.15) is 0 Å². The van der Waals surface area contributed by atoms with Crippen LogP contribution in [0.5, 0.6) is 0 Å². The molecule has 0 radical (unpaired) electrons. The van der Waals surface area contributed by atoms with E-state index in [1.165, 1.54) is 44.5 Å². The zero-order chi connectivity index (χ0) is 18.4. The van der Waals surface area contributed by atoms with Gasteiger partial charge in [0.1, 0.15) is 0 Å². The molecule has 0 aliphatic carbocycles. The highest BCUT2D eigenvalue weighted by Crippen LogP contribution is 2.22. The van der Waals surface area contributed by atoms with E-state index in [9.17, 15) is 4.79 Å². The van der Waals surface area contributed by atoms with E-state index >= 15 is 0 Å². The summed E-state index contributed by atoms with van der Waals surface area (Å²) in [5.74, 6) is 1.89. The molecule has 2 aliphatic rings. The number of benzene rings is 1. The maximum Gasteiger partial charge on any atom is 0.222 e. The molecular weight excluding hydrogens is 344 g/mol. The molecule has 3 rings (SSSR count). The van der Waals surface area contributed by atoms with Gasteiger partial charge in [-0.25, -0.2) is 0 Å². The van der Waals surface area contributed by atoms with Crippen molar-refractivity contribution < 1.29 is 4.79 Å². The van der Waals surface area contributed by atoms with Gasteiger partial charge in [0.2, 0.25) is 5.91 Å². The largest absolute Gasteiger partial charge is 0.342 e. The van der Waals surface area contributed by atoms with Gasteiger partial charge in [-0.05, 0) is 81.1 Å². The SMILES string of the molecule is CC1CCN(CC2CCCN(C(=O)CCCc3ccc(Cl)cc3)C2)CC1. The van der Waals surface area contributed by atoms with Crippen molar-refractivity contribution in [3.8, 4) is 0 Å². The van der Waals surface area contributed by atoms with Crippen LogP contribution in [-0.2, 0) is 11.2 Å². The quantitative estimate of drug-likeness (QED) is 0.722. The number of nitrogens with zero attached hydrogens (tertiary/aromatic N) is 2. The van der Waals surface area contributed by atoms with Gasteiger partial charge < -0.3 is 9.80 Å². The molecule has 3 nitrogen and oxygen atoms in total. The van der Waals surface area contributed by atoms with Crippen LogP contribution in [0, 0.1) is 11.8 Å². The number of hydrogen-bond acceptors (Lipinski definition) is 2. The van der Waals surface area contributed by atoms with Crippen LogP contribution in [0.3, 0.4) is 0 Å². The summed E-state index contributed by atoms with van der Waals surface area (Å²) in [6.07, 6.45) is 7.65. The van der Waals surface area contributed by atoms with Gasteiger partial charge in [-0.3, -0.25) is 4.79 Å². The smallest absolute Gasteiger partial charge is 0.222 e. The van der Waals surface area contributed by atoms with Gasteiger partial charge in [0.15, 0.2) is 0 Å². The lowest BCUT2D eigenvalue weighted by Crippen LogP contribution is -2.45. The lowest BCUT2D eigenvalue weighted by atomic mass is 9.94. The maximum absolute atomic E-state index is 12.6. The first-order valence-corrected chi connectivity index (χ1v) is 10.7. The third kappa shape index (κ3) is 5.99. The number of likely N-dealkylation sites (tertiary alicyclic amines) is 2. The monoisotopic (exact) mass is 376 g/mol. The third-order valence-electron chi connectivity index (χ3n) is 6.03. The number of carbonyl (C=O) groups is 1. The van der Waals surface area contributed by atoms with E-state index in [2.05, 4.69) is 28.9 Å². The van der Waals surface area contributed by atoms with Crippen LogP contribution in [0.25, 0.3) is 0 Å². The number of aryl methyl sites for hydroxylation is 1. The highest BCUT2D eigenvalue weighted by molar-refractivity contribution is 6.30. The third-order valence-corrected chi connectivity index (χ3v) is 6.29. The first kappa shape index (κ1) is 19.7. The van der Waals surface area contributed by atoms with E-state index in [1.807, 2.05) is 12.1 Å². The molecular formula is C22H33ClN2O. The van der Waals surface area contributed by atoms with Crippen LogP contribution >= 0.6 is 11.6 Å². The number of carbonyl (C=O) groups excluding carboxylic acids is 1. The van der Waals surface area contributed by atoms with Gasteiger partial charge in [-0.1, -0.05) is 30.7 Å². The molecule has 1 aromatic carbocycles. The topological polar surface area (TPSA) is 23.6 Å². The summed E-state index contributed by atoms with van der Waals surface area (Å²) in [5.41, 5.74) is 1.26. The first-order chi connectivity index (χ1) is 12.6. The van der Waals surface area contributed by atoms with Crippen molar-refractivity contribution in [3.05, 3.63) is 34.9 Å². The average molecular weight is 377 g/mol. The lowest BCUT2D eigenvalue weighted by molar-refractivity contribution is -0.133. The van der Waals surface area contributed by atoms with E-state index in [-0.39, 0.29) is 0 Å². The van der Waals surface area contributed by atoms with Crippen LogP contribution < -0.4 is 0 Å². The summed E-state index contributed by atoms with van der Waals surface area (Å²) in [7, 11) is 0. The molecule has 2 aliphatic heterocycles. The first-order valence-electron chi connectivity index (χ1n) is 10.3. The molecule has 26 heavy (non-hydrogen) atoms. The van der Waals surface area contributed by atoms with Crippen LogP contribution in [0.4, 0.5) is 0 Å². The highest BCUT2D eigenvalue weighted by Gasteiger charge is 2.26. The number of amides is 1.